The Hall–Kier alpha value is -3.16. The van der Waals surface area contributed by atoms with Gasteiger partial charge in [0.2, 0.25) is 11.8 Å². The van der Waals surface area contributed by atoms with Gasteiger partial charge < -0.3 is 8.94 Å². The summed E-state index contributed by atoms with van der Waals surface area (Å²) >= 11 is 0. The second kappa shape index (κ2) is 5.68. The van der Waals surface area contributed by atoms with E-state index in [1.54, 1.807) is 25.1 Å². The Bertz CT molecular complexity index is 848. The summed E-state index contributed by atoms with van der Waals surface area (Å²) in [5, 5.41) is 10.3. The largest absolute Gasteiger partial charge is 0.463 e. The van der Waals surface area contributed by atoms with Crippen molar-refractivity contribution in [2.24, 2.45) is 0 Å². The first-order chi connectivity index (χ1) is 10.6. The van der Waals surface area contributed by atoms with Crippen LogP contribution >= 0.6 is 0 Å². The number of carbonyl (C=O) groups is 1. The summed E-state index contributed by atoms with van der Waals surface area (Å²) in [6.45, 7) is 1.49. The highest BCUT2D eigenvalue weighted by molar-refractivity contribution is 5.89. The Morgan fingerprint density at radius 2 is 2.23 bits per heavy atom. The molecule has 0 unspecified atom stereocenters. The van der Waals surface area contributed by atoms with Crippen molar-refractivity contribution in [1.29, 1.82) is 0 Å². The molecule has 1 amide bonds. The van der Waals surface area contributed by atoms with Crippen LogP contribution in [0.3, 0.4) is 0 Å². The number of hydrogen-bond acceptors (Lipinski definition) is 6. The first kappa shape index (κ1) is 13.8. The van der Waals surface area contributed by atoms with Crippen molar-refractivity contribution in [2.75, 3.05) is 5.32 Å². The maximum absolute atomic E-state index is 11.9. The van der Waals surface area contributed by atoms with Crippen molar-refractivity contribution in [2.45, 2.75) is 13.5 Å². The summed E-state index contributed by atoms with van der Waals surface area (Å²) in [5.41, 5.74) is 0.720. The second-order valence-electron chi connectivity index (χ2n) is 4.57. The normalized spacial score (nSPS) is 10.6. The molecule has 22 heavy (non-hydrogen) atoms. The number of carbonyl (C=O) groups excluding carboxylic acids is 1. The number of anilines is 1. The van der Waals surface area contributed by atoms with Gasteiger partial charge in [0.25, 0.3) is 5.56 Å². The van der Waals surface area contributed by atoms with Crippen molar-refractivity contribution < 1.29 is 13.7 Å². The predicted molar refractivity (Wildman–Crippen MR) is 76.1 cm³/mol. The third-order valence-corrected chi connectivity index (χ3v) is 2.82. The number of hydrogen-bond donors (Lipinski definition) is 1. The highest BCUT2D eigenvalue weighted by Crippen LogP contribution is 2.15. The molecule has 112 valence electrons. The summed E-state index contributed by atoms with van der Waals surface area (Å²) in [6.07, 6.45) is 1.51. The molecule has 0 saturated carbocycles. The van der Waals surface area contributed by atoms with Crippen LogP contribution in [-0.2, 0) is 11.3 Å². The SMILES string of the molecule is Cc1cc(NC(=O)Cn2nc(-c3ccco3)ccc2=O)on1. The molecule has 0 aliphatic rings. The van der Waals surface area contributed by atoms with Crippen LogP contribution in [0.2, 0.25) is 0 Å². The number of nitrogens with one attached hydrogen (secondary N) is 1. The number of nitrogens with zero attached hydrogens (tertiary/aromatic N) is 3. The van der Waals surface area contributed by atoms with Crippen LogP contribution in [-0.4, -0.2) is 20.8 Å². The van der Waals surface area contributed by atoms with E-state index in [9.17, 15) is 9.59 Å². The lowest BCUT2D eigenvalue weighted by atomic mass is 10.3. The molecule has 0 radical (unpaired) electrons. The fraction of sp³-hybridized carbons (Fsp3) is 0.143. The predicted octanol–water partition coefficient (Wildman–Crippen LogP) is 1.44. The Balaban J connectivity index is 1.78. The highest BCUT2D eigenvalue weighted by Gasteiger charge is 2.11. The molecule has 0 saturated heterocycles. The van der Waals surface area contributed by atoms with Gasteiger partial charge in [-0.15, -0.1) is 0 Å². The summed E-state index contributed by atoms with van der Waals surface area (Å²) < 4.78 is 11.1. The quantitative estimate of drug-likeness (QED) is 0.782. The molecule has 0 fully saturated rings. The Morgan fingerprint density at radius 1 is 1.36 bits per heavy atom. The van der Waals surface area contributed by atoms with Crippen LogP contribution in [0.15, 0.2) is 50.3 Å². The summed E-state index contributed by atoms with van der Waals surface area (Å²) in [7, 11) is 0. The zero-order valence-electron chi connectivity index (χ0n) is 11.6. The zero-order valence-corrected chi connectivity index (χ0v) is 11.6. The van der Waals surface area contributed by atoms with Gasteiger partial charge in [-0.3, -0.25) is 14.9 Å². The molecule has 8 heteroatoms. The molecule has 0 aliphatic heterocycles. The van der Waals surface area contributed by atoms with Crippen LogP contribution in [0.25, 0.3) is 11.5 Å². The molecule has 3 aromatic rings. The third kappa shape index (κ3) is 2.95. The van der Waals surface area contributed by atoms with E-state index in [0.29, 0.717) is 17.1 Å². The molecule has 0 aromatic carbocycles. The molecule has 0 bridgehead atoms. The van der Waals surface area contributed by atoms with E-state index < -0.39 is 5.91 Å². The van der Waals surface area contributed by atoms with E-state index in [4.69, 9.17) is 8.94 Å². The van der Waals surface area contributed by atoms with Gasteiger partial charge in [-0.25, -0.2) is 4.68 Å². The molecule has 3 rings (SSSR count). The molecule has 8 nitrogen and oxygen atoms in total. The van der Waals surface area contributed by atoms with Gasteiger partial charge in [-0.2, -0.15) is 5.10 Å². The fourth-order valence-electron chi connectivity index (χ4n) is 1.85. The second-order valence-corrected chi connectivity index (χ2v) is 4.57. The Morgan fingerprint density at radius 3 is 2.91 bits per heavy atom. The van der Waals surface area contributed by atoms with Crippen molar-refractivity contribution in [1.82, 2.24) is 14.9 Å². The molecule has 0 atom stereocenters. The number of rotatable bonds is 4. The van der Waals surface area contributed by atoms with Gasteiger partial charge >= 0.3 is 0 Å². The first-order valence-corrected chi connectivity index (χ1v) is 6.47. The number of furan rings is 1. The van der Waals surface area contributed by atoms with Crippen molar-refractivity contribution in [3.8, 4) is 11.5 Å². The molecule has 3 aromatic heterocycles. The summed E-state index contributed by atoms with van der Waals surface area (Å²) in [4.78, 5) is 23.7. The van der Waals surface area contributed by atoms with Crippen LogP contribution in [0.1, 0.15) is 5.69 Å². The van der Waals surface area contributed by atoms with E-state index in [1.807, 2.05) is 0 Å². The Labute approximate surface area is 124 Å². The van der Waals surface area contributed by atoms with Crippen LogP contribution in [0.4, 0.5) is 5.88 Å². The van der Waals surface area contributed by atoms with Crippen LogP contribution < -0.4 is 10.9 Å². The zero-order chi connectivity index (χ0) is 15.5. The van der Waals surface area contributed by atoms with Gasteiger partial charge in [0.1, 0.15) is 12.2 Å². The molecule has 0 spiro atoms. The average Bonchev–Trinajstić information content (AvgIpc) is 3.13. The van der Waals surface area contributed by atoms with Crippen LogP contribution in [0.5, 0.6) is 0 Å². The monoisotopic (exact) mass is 300 g/mol. The molecule has 0 aliphatic carbocycles. The fourth-order valence-corrected chi connectivity index (χ4v) is 1.85. The molecular weight excluding hydrogens is 288 g/mol. The van der Waals surface area contributed by atoms with Gasteiger partial charge in [-0.05, 0) is 25.1 Å². The minimum Gasteiger partial charge on any atom is -0.463 e. The summed E-state index contributed by atoms with van der Waals surface area (Å²) in [5.74, 6) is 0.292. The Kier molecular flexibility index (Phi) is 3.57. The van der Waals surface area contributed by atoms with Gasteiger partial charge in [0, 0.05) is 12.1 Å². The lowest BCUT2D eigenvalue weighted by molar-refractivity contribution is -0.117. The van der Waals surface area contributed by atoms with Crippen molar-refractivity contribution >= 4 is 11.8 Å². The molecule has 3 heterocycles. The van der Waals surface area contributed by atoms with Gasteiger partial charge in [0.05, 0.1) is 12.0 Å². The maximum Gasteiger partial charge on any atom is 0.267 e. The number of amides is 1. The first-order valence-electron chi connectivity index (χ1n) is 6.47. The van der Waals surface area contributed by atoms with E-state index in [0.717, 1.165) is 4.68 Å². The van der Waals surface area contributed by atoms with Crippen molar-refractivity contribution in [3.05, 3.63) is 52.6 Å². The lowest BCUT2D eigenvalue weighted by Crippen LogP contribution is -2.29. The topological polar surface area (TPSA) is 103 Å². The van der Waals surface area contributed by atoms with Gasteiger partial charge in [-0.1, -0.05) is 5.16 Å². The van der Waals surface area contributed by atoms with E-state index >= 15 is 0 Å². The molecule has 1 N–H and O–H groups in total. The molecular formula is C14H12N4O4. The maximum atomic E-state index is 11.9. The third-order valence-electron chi connectivity index (χ3n) is 2.82. The van der Waals surface area contributed by atoms with Gasteiger partial charge in [0.15, 0.2) is 5.76 Å². The smallest absolute Gasteiger partial charge is 0.267 e. The van der Waals surface area contributed by atoms with E-state index in [1.165, 1.54) is 18.4 Å². The van der Waals surface area contributed by atoms with Crippen molar-refractivity contribution in [3.63, 3.8) is 0 Å². The number of aromatic nitrogens is 3. The van der Waals surface area contributed by atoms with E-state index in [-0.39, 0.29) is 18.0 Å². The standard InChI is InChI=1S/C14H12N4O4/c1-9-7-13(22-17-9)15-12(19)8-18-14(20)5-4-10(16-18)11-3-2-6-21-11/h2-7H,8H2,1H3,(H,15,19). The highest BCUT2D eigenvalue weighted by atomic mass is 16.5. The summed E-state index contributed by atoms with van der Waals surface area (Å²) in [6, 6.07) is 7.87. The number of aryl methyl sites for hydroxylation is 1. The van der Waals surface area contributed by atoms with E-state index in [2.05, 4.69) is 15.6 Å². The average molecular weight is 300 g/mol. The minimum absolute atomic E-state index is 0.220. The lowest BCUT2D eigenvalue weighted by Gasteiger charge is -2.05. The van der Waals surface area contributed by atoms with Crippen LogP contribution in [0, 0.1) is 6.92 Å². The minimum atomic E-state index is -0.442.